The molecule has 8 rings (SSSR count). The van der Waals surface area contributed by atoms with E-state index in [9.17, 15) is 27.0 Å². The molecular formula is C48H62N10O12S2. The molecule has 0 spiro atoms. The molecule has 388 valence electrons. The quantitative estimate of drug-likeness (QED) is 0.110. The third-order valence-electron chi connectivity index (χ3n) is 12.5. The van der Waals surface area contributed by atoms with Gasteiger partial charge in [0, 0.05) is 38.0 Å². The van der Waals surface area contributed by atoms with E-state index >= 15 is 0 Å². The molecule has 2 aromatic carbocycles. The van der Waals surface area contributed by atoms with Crippen LogP contribution in [0.1, 0.15) is 123 Å². The number of benzene rings is 2. The summed E-state index contributed by atoms with van der Waals surface area (Å²) in [4.78, 5) is 16.3. The molecule has 0 radical (unpaired) electrons. The smallest absolute Gasteiger partial charge is 0.167 e. The molecule has 2 aliphatic rings. The largest absolute Gasteiger partial charge is 0.494 e. The van der Waals surface area contributed by atoms with Crippen LogP contribution in [0.5, 0.6) is 23.0 Å². The van der Waals surface area contributed by atoms with Crippen LogP contribution in [-0.4, -0.2) is 129 Å². The van der Waals surface area contributed by atoms with Crippen molar-refractivity contribution in [1.82, 2.24) is 49.5 Å². The van der Waals surface area contributed by atoms with E-state index in [0.717, 1.165) is 49.7 Å². The van der Waals surface area contributed by atoms with Crippen molar-refractivity contribution in [2.75, 3.05) is 41.7 Å². The summed E-state index contributed by atoms with van der Waals surface area (Å²) >= 11 is 0. The van der Waals surface area contributed by atoms with Gasteiger partial charge in [-0.2, -0.15) is 0 Å². The average molecular weight is 1040 g/mol. The number of aliphatic hydroxyl groups excluding tert-OH is 2. The minimum Gasteiger partial charge on any atom is -0.494 e. The Morgan fingerprint density at radius 1 is 0.569 bits per heavy atom. The fraction of sp³-hybridized carbons (Fsp3) is 0.500. The van der Waals surface area contributed by atoms with Gasteiger partial charge in [-0.25, -0.2) is 36.8 Å². The number of hydrogen-bond donors (Lipinski definition) is 2. The minimum absolute atomic E-state index is 0.0424. The maximum Gasteiger partial charge on any atom is 0.167 e. The fourth-order valence-electron chi connectivity index (χ4n) is 8.29. The number of nitrogens with zero attached hydrogens (tertiary/aromatic N) is 10. The molecule has 72 heavy (non-hydrogen) atoms. The number of para-hydroxylation sites is 2. The molecule has 0 saturated carbocycles. The average Bonchev–Trinajstić information content (AvgIpc) is 4.01. The molecule has 2 fully saturated rings. The van der Waals surface area contributed by atoms with Crippen molar-refractivity contribution in [2.45, 2.75) is 113 Å². The second-order valence-corrected chi connectivity index (χ2v) is 22.2. The molecule has 0 aliphatic carbocycles. The normalized spacial score (nSPS) is 18.0. The third-order valence-corrected chi connectivity index (χ3v) is 16.6. The summed E-state index contributed by atoms with van der Waals surface area (Å²) in [6, 6.07) is 10.6. The van der Waals surface area contributed by atoms with Crippen LogP contribution >= 0.6 is 0 Å². The van der Waals surface area contributed by atoms with E-state index in [1.165, 1.54) is 67.1 Å². The van der Waals surface area contributed by atoms with Crippen molar-refractivity contribution in [3.8, 4) is 34.4 Å². The second-order valence-electron chi connectivity index (χ2n) is 17.5. The molecule has 6 heterocycles. The predicted octanol–water partition coefficient (Wildman–Crippen LogP) is 5.32. The van der Waals surface area contributed by atoms with Crippen LogP contribution in [0.3, 0.4) is 0 Å². The number of aryl methyl sites for hydroxylation is 2. The zero-order valence-electron chi connectivity index (χ0n) is 41.6. The van der Waals surface area contributed by atoms with Gasteiger partial charge in [0.05, 0.1) is 38.9 Å². The summed E-state index contributed by atoms with van der Waals surface area (Å²) < 4.78 is 91.4. The number of ether oxygens (including phenoxy) is 6. The third kappa shape index (κ3) is 11.8. The monoisotopic (exact) mass is 1030 g/mol. The van der Waals surface area contributed by atoms with Crippen molar-refractivity contribution in [3.05, 3.63) is 107 Å². The molecule has 2 N–H and O–H groups in total. The molecule has 6 atom stereocenters. The zero-order chi connectivity index (χ0) is 51.7. The van der Waals surface area contributed by atoms with Crippen LogP contribution in [-0.2, 0) is 40.7 Å². The minimum atomic E-state index is -3.93. The standard InChI is InChI=1S/2C24H31N5O6S/c2*1-15-12-25-23(26-13-15)22(30)16(2)36(31,32)14-20-27-28-24(19-8-5-6-11-35-19)29(20)21-17(33-3)9-7-10-18(21)34-4/h2*7,9-10,12-13,16,19,22,30H,5-6,8,11,14H2,1-4H3/t16-,19+,22-;16-,19-,22-/m00/s1. The Hall–Kier alpha value is -6.18. The predicted molar refractivity (Wildman–Crippen MR) is 262 cm³/mol. The van der Waals surface area contributed by atoms with E-state index in [1.54, 1.807) is 45.5 Å². The second kappa shape index (κ2) is 23.6. The molecule has 0 unspecified atom stereocenters. The Kier molecular flexibility index (Phi) is 17.6. The van der Waals surface area contributed by atoms with Gasteiger partial charge in [0.15, 0.2) is 54.6 Å². The van der Waals surface area contributed by atoms with Gasteiger partial charge in [-0.3, -0.25) is 9.13 Å². The first-order valence-electron chi connectivity index (χ1n) is 23.4. The highest BCUT2D eigenvalue weighted by atomic mass is 32.2. The maximum absolute atomic E-state index is 13.5. The van der Waals surface area contributed by atoms with Crippen LogP contribution in [0.25, 0.3) is 11.4 Å². The van der Waals surface area contributed by atoms with Crippen LogP contribution in [0, 0.1) is 13.8 Å². The van der Waals surface area contributed by atoms with Crippen LogP contribution in [0.2, 0.25) is 0 Å². The first kappa shape index (κ1) is 53.6. The lowest BCUT2D eigenvalue weighted by molar-refractivity contribution is 0.00820. The fourth-order valence-corrected chi connectivity index (χ4v) is 10.9. The number of hydrogen-bond acceptors (Lipinski definition) is 20. The molecule has 2 aliphatic heterocycles. The first-order chi connectivity index (χ1) is 34.5. The van der Waals surface area contributed by atoms with Gasteiger partial charge < -0.3 is 38.6 Å². The highest BCUT2D eigenvalue weighted by Gasteiger charge is 2.37. The Labute approximate surface area is 419 Å². The van der Waals surface area contributed by atoms with E-state index < -0.39 is 53.9 Å². The Bertz CT molecular complexity index is 2730. The Morgan fingerprint density at radius 3 is 1.19 bits per heavy atom. The highest BCUT2D eigenvalue weighted by molar-refractivity contribution is 7.91. The van der Waals surface area contributed by atoms with E-state index in [2.05, 4.69) is 40.3 Å². The first-order valence-corrected chi connectivity index (χ1v) is 26.9. The topological polar surface area (TPSA) is 277 Å². The summed E-state index contributed by atoms with van der Waals surface area (Å²) in [6.07, 6.45) is 7.84. The van der Waals surface area contributed by atoms with Gasteiger partial charge in [0.1, 0.15) is 70.3 Å². The molecule has 22 nitrogen and oxygen atoms in total. The highest BCUT2D eigenvalue weighted by Crippen LogP contribution is 2.40. The lowest BCUT2D eigenvalue weighted by Gasteiger charge is -2.24. The number of methoxy groups -OCH3 is 4. The Morgan fingerprint density at radius 2 is 0.903 bits per heavy atom. The van der Waals surface area contributed by atoms with E-state index in [-0.39, 0.29) is 35.5 Å². The van der Waals surface area contributed by atoms with Gasteiger partial charge in [-0.1, -0.05) is 12.1 Å². The van der Waals surface area contributed by atoms with Gasteiger partial charge in [-0.15, -0.1) is 20.4 Å². The number of rotatable bonds is 18. The van der Waals surface area contributed by atoms with E-state index in [4.69, 9.17) is 28.4 Å². The van der Waals surface area contributed by atoms with E-state index in [1.807, 2.05) is 13.8 Å². The summed E-state index contributed by atoms with van der Waals surface area (Å²) in [5.74, 6) is 2.22. The lowest BCUT2D eigenvalue weighted by atomic mass is 10.1. The van der Waals surface area contributed by atoms with Crippen molar-refractivity contribution in [1.29, 1.82) is 0 Å². The van der Waals surface area contributed by atoms with Gasteiger partial charge >= 0.3 is 0 Å². The molecule has 4 aromatic heterocycles. The summed E-state index contributed by atoms with van der Waals surface area (Å²) in [5.41, 5.74) is 2.57. The molecule has 24 heteroatoms. The van der Waals surface area contributed by atoms with Gasteiger partial charge in [-0.05, 0) is 102 Å². The zero-order valence-corrected chi connectivity index (χ0v) is 43.2. The lowest BCUT2D eigenvalue weighted by Crippen LogP contribution is -2.29. The SMILES string of the molecule is COc1cccc(OC)c1-n1c(CS(=O)(=O)[C@@H](C)[C@H](O)c2ncc(C)cn2)nnc1[C@@H]1CCCCO1.COc1cccc(OC)c1-n1c(CS(=O)(=O)[C@@H](C)[C@H](O)c2ncc(C)cn2)nnc1[C@H]1CCCCO1. The molecule has 0 amide bonds. The maximum atomic E-state index is 13.5. The number of aromatic nitrogens is 10. The van der Waals surface area contributed by atoms with Crippen LogP contribution in [0.15, 0.2) is 61.2 Å². The van der Waals surface area contributed by atoms with E-state index in [0.29, 0.717) is 59.2 Å². The molecule has 6 aromatic rings. The molecule has 2 saturated heterocycles. The molecular weight excluding hydrogens is 973 g/mol. The number of aliphatic hydroxyl groups is 2. The Balaban J connectivity index is 0.000000211. The van der Waals surface area contributed by atoms with Crippen molar-refractivity contribution >= 4 is 19.7 Å². The van der Waals surface area contributed by atoms with Gasteiger partial charge in [0.2, 0.25) is 0 Å². The van der Waals surface area contributed by atoms with Crippen molar-refractivity contribution < 1.29 is 55.5 Å². The summed E-state index contributed by atoms with van der Waals surface area (Å²) in [5, 5.41) is 36.3. The van der Waals surface area contributed by atoms with Gasteiger partial charge in [0.25, 0.3) is 0 Å². The molecule has 0 bridgehead atoms. The van der Waals surface area contributed by atoms with Crippen LogP contribution < -0.4 is 18.9 Å². The van der Waals surface area contributed by atoms with Crippen molar-refractivity contribution in [3.63, 3.8) is 0 Å². The van der Waals surface area contributed by atoms with Crippen LogP contribution in [0.4, 0.5) is 0 Å². The summed E-state index contributed by atoms with van der Waals surface area (Å²) in [6.45, 7) is 7.63. The summed E-state index contributed by atoms with van der Waals surface area (Å²) in [7, 11) is -1.77. The van der Waals surface area contributed by atoms with Crippen molar-refractivity contribution in [2.24, 2.45) is 0 Å². The number of sulfone groups is 2.